The van der Waals surface area contributed by atoms with Crippen molar-refractivity contribution in [2.45, 2.75) is 13.2 Å². The highest BCUT2D eigenvalue weighted by molar-refractivity contribution is 6.29. The highest BCUT2D eigenvalue weighted by atomic mass is 16.6. The molecule has 0 bridgehead atoms. The Kier molecular flexibility index (Phi) is 8.82. The number of esters is 2. The summed E-state index contributed by atoms with van der Waals surface area (Å²) < 4.78 is 41.7. The van der Waals surface area contributed by atoms with Gasteiger partial charge < -0.3 is 37.9 Å². The molecule has 0 heterocycles. The lowest BCUT2D eigenvalue weighted by molar-refractivity contribution is -0.169. The van der Waals surface area contributed by atoms with Crippen molar-refractivity contribution >= 4 is 11.9 Å². The number of benzene rings is 2. The lowest BCUT2D eigenvalue weighted by atomic mass is 10.1. The number of hydrogen-bond acceptors (Lipinski definition) is 10. The van der Waals surface area contributed by atoms with Gasteiger partial charge in [0.15, 0.2) is 0 Å². The second-order valence-corrected chi connectivity index (χ2v) is 6.17. The minimum Gasteiger partial charge on any atom is -0.496 e. The highest BCUT2D eigenvalue weighted by Gasteiger charge is 2.23. The van der Waals surface area contributed by atoms with E-state index in [1.807, 2.05) is 0 Å². The van der Waals surface area contributed by atoms with E-state index in [2.05, 4.69) is 0 Å². The molecule has 0 amide bonds. The number of rotatable bonds is 10. The van der Waals surface area contributed by atoms with Crippen molar-refractivity contribution in [3.8, 4) is 34.5 Å². The van der Waals surface area contributed by atoms with Gasteiger partial charge in [0.1, 0.15) is 47.7 Å². The Balaban J connectivity index is 2.09. The number of carbonyl (C=O) groups excluding carboxylic acids is 2. The molecule has 0 aliphatic carbocycles. The molecule has 10 nitrogen and oxygen atoms in total. The van der Waals surface area contributed by atoms with Crippen LogP contribution in [0.5, 0.6) is 34.5 Å². The molecule has 0 spiro atoms. The van der Waals surface area contributed by atoms with Crippen LogP contribution in [0, 0.1) is 0 Å². The number of methoxy groups -OCH3 is 6. The molecule has 2 rings (SSSR count). The SMILES string of the molecule is COc1cc(OC)c(COC(=O)C(=O)OCc2c(OC)cc(OC)cc2OC)c(OC)c1. The fourth-order valence-corrected chi connectivity index (χ4v) is 2.83. The van der Waals surface area contributed by atoms with E-state index >= 15 is 0 Å². The van der Waals surface area contributed by atoms with Crippen LogP contribution in [-0.4, -0.2) is 54.6 Å². The second kappa shape index (κ2) is 11.5. The third kappa shape index (κ3) is 5.65. The third-order valence-corrected chi connectivity index (χ3v) is 4.50. The highest BCUT2D eigenvalue weighted by Crippen LogP contribution is 2.35. The van der Waals surface area contributed by atoms with Crippen LogP contribution in [0.15, 0.2) is 24.3 Å². The van der Waals surface area contributed by atoms with Gasteiger partial charge in [-0.2, -0.15) is 0 Å². The predicted molar refractivity (Wildman–Crippen MR) is 112 cm³/mol. The van der Waals surface area contributed by atoms with Crippen LogP contribution in [-0.2, 0) is 32.3 Å². The van der Waals surface area contributed by atoms with Gasteiger partial charge in [-0.05, 0) is 0 Å². The van der Waals surface area contributed by atoms with Gasteiger partial charge in [-0.25, -0.2) is 9.59 Å². The van der Waals surface area contributed by atoms with Crippen molar-refractivity contribution in [1.82, 2.24) is 0 Å². The zero-order valence-corrected chi connectivity index (χ0v) is 18.8. The van der Waals surface area contributed by atoms with Crippen molar-refractivity contribution in [2.24, 2.45) is 0 Å². The van der Waals surface area contributed by atoms with Gasteiger partial charge in [-0.3, -0.25) is 0 Å². The molecular weight excluding hydrogens is 424 g/mol. The van der Waals surface area contributed by atoms with Gasteiger partial charge in [0.2, 0.25) is 0 Å². The van der Waals surface area contributed by atoms with Crippen LogP contribution < -0.4 is 28.4 Å². The normalized spacial score (nSPS) is 10.1. The van der Waals surface area contributed by atoms with Crippen LogP contribution in [0.25, 0.3) is 0 Å². The molecule has 174 valence electrons. The number of ether oxygens (including phenoxy) is 8. The van der Waals surface area contributed by atoms with E-state index in [-0.39, 0.29) is 13.2 Å². The van der Waals surface area contributed by atoms with Gasteiger partial charge in [0, 0.05) is 24.3 Å². The molecule has 0 atom stereocenters. The number of hydrogen-bond donors (Lipinski definition) is 0. The maximum atomic E-state index is 12.2. The summed E-state index contributed by atoms with van der Waals surface area (Å²) >= 11 is 0. The van der Waals surface area contributed by atoms with Crippen molar-refractivity contribution < 1.29 is 47.5 Å². The zero-order chi connectivity index (χ0) is 23.7. The van der Waals surface area contributed by atoms with E-state index in [1.165, 1.54) is 42.7 Å². The summed E-state index contributed by atoms with van der Waals surface area (Å²) in [6.45, 7) is -0.557. The summed E-state index contributed by atoms with van der Waals surface area (Å²) in [7, 11) is 8.78. The molecule has 2 aromatic rings. The van der Waals surface area contributed by atoms with Crippen LogP contribution >= 0.6 is 0 Å². The fourth-order valence-electron chi connectivity index (χ4n) is 2.83. The number of carbonyl (C=O) groups is 2. The average molecular weight is 450 g/mol. The topological polar surface area (TPSA) is 108 Å². The molecular formula is C22H26O10. The molecule has 0 radical (unpaired) electrons. The van der Waals surface area contributed by atoms with E-state index in [4.69, 9.17) is 37.9 Å². The standard InChI is InChI=1S/C22H26O10/c1-25-13-7-17(27-3)15(18(8-13)28-4)11-31-21(23)22(24)32-12-16-19(29-5)9-14(26-2)10-20(16)30-6/h7-10H,11-12H2,1-6H3. The van der Waals surface area contributed by atoms with Crippen molar-refractivity contribution in [3.05, 3.63) is 35.4 Å². The minimum atomic E-state index is -1.18. The lowest BCUT2D eigenvalue weighted by Gasteiger charge is -2.16. The van der Waals surface area contributed by atoms with Crippen molar-refractivity contribution in [3.63, 3.8) is 0 Å². The van der Waals surface area contributed by atoms with Gasteiger partial charge in [0.25, 0.3) is 0 Å². The Bertz CT molecular complexity index is 826. The van der Waals surface area contributed by atoms with E-state index in [0.29, 0.717) is 45.6 Å². The summed E-state index contributed by atoms with van der Waals surface area (Å²) in [4.78, 5) is 24.4. The van der Waals surface area contributed by atoms with E-state index in [9.17, 15) is 9.59 Å². The van der Waals surface area contributed by atoms with Gasteiger partial charge in [0.05, 0.1) is 53.8 Å². The maximum Gasteiger partial charge on any atom is 0.417 e. The Morgan fingerprint density at radius 1 is 0.531 bits per heavy atom. The second-order valence-electron chi connectivity index (χ2n) is 6.17. The first kappa shape index (κ1) is 24.4. The molecule has 0 aromatic heterocycles. The molecule has 0 saturated carbocycles. The van der Waals surface area contributed by atoms with Gasteiger partial charge in [-0.1, -0.05) is 0 Å². The van der Waals surface area contributed by atoms with E-state index in [0.717, 1.165) is 0 Å². The molecule has 10 heteroatoms. The Labute approximate surface area is 185 Å². The smallest absolute Gasteiger partial charge is 0.417 e. The maximum absolute atomic E-state index is 12.2. The third-order valence-electron chi connectivity index (χ3n) is 4.50. The zero-order valence-electron chi connectivity index (χ0n) is 18.8. The molecule has 0 saturated heterocycles. The van der Waals surface area contributed by atoms with E-state index in [1.54, 1.807) is 24.3 Å². The Morgan fingerprint density at radius 2 is 0.812 bits per heavy atom. The first-order chi connectivity index (χ1) is 15.4. The summed E-state index contributed by atoms with van der Waals surface area (Å²) in [5.41, 5.74) is 0.853. The largest absolute Gasteiger partial charge is 0.496 e. The summed E-state index contributed by atoms with van der Waals surface area (Å²) in [5.74, 6) is 0.106. The lowest BCUT2D eigenvalue weighted by Crippen LogP contribution is -2.20. The van der Waals surface area contributed by atoms with E-state index < -0.39 is 11.9 Å². The van der Waals surface area contributed by atoms with Crippen LogP contribution in [0.4, 0.5) is 0 Å². The van der Waals surface area contributed by atoms with Gasteiger partial charge in [-0.15, -0.1) is 0 Å². The minimum absolute atomic E-state index is 0.278. The summed E-state index contributed by atoms with van der Waals surface area (Å²) in [5, 5.41) is 0. The molecule has 0 fully saturated rings. The van der Waals surface area contributed by atoms with Gasteiger partial charge >= 0.3 is 11.9 Å². The van der Waals surface area contributed by atoms with Crippen LogP contribution in [0.2, 0.25) is 0 Å². The van der Waals surface area contributed by atoms with Crippen LogP contribution in [0.1, 0.15) is 11.1 Å². The molecule has 0 aliphatic rings. The predicted octanol–water partition coefficient (Wildman–Crippen LogP) is 2.52. The summed E-state index contributed by atoms with van der Waals surface area (Å²) in [6, 6.07) is 6.41. The van der Waals surface area contributed by atoms with Crippen molar-refractivity contribution in [1.29, 1.82) is 0 Å². The van der Waals surface area contributed by atoms with Crippen molar-refractivity contribution in [2.75, 3.05) is 42.7 Å². The quantitative estimate of drug-likeness (QED) is 0.396. The average Bonchev–Trinajstić information content (AvgIpc) is 2.84. The Morgan fingerprint density at radius 3 is 1.03 bits per heavy atom. The van der Waals surface area contributed by atoms with Crippen LogP contribution in [0.3, 0.4) is 0 Å². The molecule has 0 N–H and O–H groups in total. The molecule has 32 heavy (non-hydrogen) atoms. The fraction of sp³-hybridized carbons (Fsp3) is 0.364. The summed E-state index contributed by atoms with van der Waals surface area (Å²) in [6.07, 6.45) is 0. The Hall–Kier alpha value is -3.82. The molecule has 0 unspecified atom stereocenters. The first-order valence-electron chi connectivity index (χ1n) is 9.33. The molecule has 0 aliphatic heterocycles. The molecule has 2 aromatic carbocycles. The monoisotopic (exact) mass is 450 g/mol. The first-order valence-corrected chi connectivity index (χ1v) is 9.33.